The van der Waals surface area contributed by atoms with Crippen molar-refractivity contribution in [1.82, 2.24) is 9.62 Å². The molecule has 2 atom stereocenters. The highest BCUT2D eigenvalue weighted by Crippen LogP contribution is 2.32. The van der Waals surface area contributed by atoms with Gasteiger partial charge in [-0.2, -0.15) is 4.31 Å². The second-order valence-corrected chi connectivity index (χ2v) is 6.64. The van der Waals surface area contributed by atoms with Crippen molar-refractivity contribution in [3.63, 3.8) is 0 Å². The first-order valence-corrected chi connectivity index (χ1v) is 6.76. The Labute approximate surface area is 85.7 Å². The van der Waals surface area contributed by atoms with Crippen molar-refractivity contribution in [2.24, 2.45) is 0 Å². The highest BCUT2D eigenvalue weighted by atomic mass is 32.2. The van der Waals surface area contributed by atoms with E-state index in [1.165, 1.54) is 0 Å². The highest BCUT2D eigenvalue weighted by molar-refractivity contribution is 7.90. The van der Waals surface area contributed by atoms with Crippen molar-refractivity contribution in [2.45, 2.75) is 44.0 Å². The van der Waals surface area contributed by atoms with E-state index in [9.17, 15) is 8.42 Å². The number of rotatable bonds is 2. The van der Waals surface area contributed by atoms with Crippen LogP contribution in [0.2, 0.25) is 0 Å². The summed E-state index contributed by atoms with van der Waals surface area (Å²) >= 11 is 0. The first-order valence-electron chi connectivity index (χ1n) is 5.26. The summed E-state index contributed by atoms with van der Waals surface area (Å²) in [6.45, 7) is 5.40. The van der Waals surface area contributed by atoms with Crippen LogP contribution in [-0.2, 0) is 10.0 Å². The van der Waals surface area contributed by atoms with Gasteiger partial charge in [0.05, 0.1) is 5.25 Å². The number of hydrogen-bond acceptors (Lipinski definition) is 3. The van der Waals surface area contributed by atoms with E-state index < -0.39 is 10.0 Å². The van der Waals surface area contributed by atoms with Crippen LogP contribution in [0.1, 0.15) is 26.7 Å². The Morgan fingerprint density at radius 2 is 1.93 bits per heavy atom. The summed E-state index contributed by atoms with van der Waals surface area (Å²) < 4.78 is 25.7. The molecule has 0 aromatic rings. The van der Waals surface area contributed by atoms with Crippen LogP contribution < -0.4 is 5.32 Å². The number of sulfonamides is 1. The first kappa shape index (κ1) is 10.4. The van der Waals surface area contributed by atoms with Crippen LogP contribution in [-0.4, -0.2) is 43.1 Å². The lowest BCUT2D eigenvalue weighted by Gasteiger charge is -2.36. The quantitative estimate of drug-likeness (QED) is 0.718. The third-order valence-electron chi connectivity index (χ3n) is 2.98. The van der Waals surface area contributed by atoms with Crippen LogP contribution in [0, 0.1) is 0 Å². The standard InChI is InChI=1S/C9H18N2O2S/c1-7-6-11(8(2)5-10-7)14(12,13)9-3-4-9/h7-10H,3-6H2,1-2H3. The molecule has 14 heavy (non-hydrogen) atoms. The average molecular weight is 218 g/mol. The molecule has 1 heterocycles. The maximum Gasteiger partial charge on any atom is 0.217 e. The summed E-state index contributed by atoms with van der Waals surface area (Å²) in [5.74, 6) is 0. The molecular formula is C9H18N2O2S. The number of hydrogen-bond donors (Lipinski definition) is 1. The Morgan fingerprint density at radius 1 is 1.29 bits per heavy atom. The molecule has 1 aliphatic carbocycles. The van der Waals surface area contributed by atoms with Crippen LogP contribution >= 0.6 is 0 Å². The molecular weight excluding hydrogens is 200 g/mol. The Kier molecular flexibility index (Phi) is 2.57. The Hall–Kier alpha value is -0.130. The van der Waals surface area contributed by atoms with Gasteiger partial charge in [-0.25, -0.2) is 8.42 Å². The van der Waals surface area contributed by atoms with Crippen molar-refractivity contribution in [1.29, 1.82) is 0 Å². The summed E-state index contributed by atoms with van der Waals surface area (Å²) in [6.07, 6.45) is 1.71. The molecule has 0 radical (unpaired) electrons. The van der Waals surface area contributed by atoms with Gasteiger partial charge in [-0.1, -0.05) is 0 Å². The molecule has 1 saturated carbocycles. The molecule has 2 aliphatic rings. The normalized spacial score (nSPS) is 35.9. The third kappa shape index (κ3) is 1.81. The molecule has 1 N–H and O–H groups in total. The van der Waals surface area contributed by atoms with E-state index in [-0.39, 0.29) is 17.3 Å². The van der Waals surface area contributed by atoms with Crippen molar-refractivity contribution in [3.05, 3.63) is 0 Å². The summed E-state index contributed by atoms with van der Waals surface area (Å²) in [6, 6.07) is 0.386. The van der Waals surface area contributed by atoms with Crippen LogP contribution in [0.5, 0.6) is 0 Å². The van der Waals surface area contributed by atoms with Crippen molar-refractivity contribution in [3.8, 4) is 0 Å². The summed E-state index contributed by atoms with van der Waals surface area (Å²) in [5, 5.41) is 3.21. The molecule has 0 amide bonds. The molecule has 5 heteroatoms. The predicted molar refractivity (Wildman–Crippen MR) is 55.6 cm³/mol. The number of nitrogens with zero attached hydrogens (tertiary/aromatic N) is 1. The van der Waals surface area contributed by atoms with Crippen molar-refractivity contribution >= 4 is 10.0 Å². The van der Waals surface area contributed by atoms with Crippen LogP contribution in [0.4, 0.5) is 0 Å². The van der Waals surface area contributed by atoms with Gasteiger partial charge in [-0.05, 0) is 26.7 Å². The first-order chi connectivity index (χ1) is 6.51. The molecule has 0 aromatic heterocycles. The SMILES string of the molecule is CC1CN(S(=O)(=O)C2CC2)C(C)CN1. The van der Waals surface area contributed by atoms with Gasteiger partial charge in [0, 0.05) is 25.2 Å². The molecule has 0 bridgehead atoms. The van der Waals surface area contributed by atoms with Gasteiger partial charge in [0.1, 0.15) is 0 Å². The van der Waals surface area contributed by atoms with Gasteiger partial charge < -0.3 is 5.32 Å². The Bertz CT molecular complexity index is 311. The summed E-state index contributed by atoms with van der Waals surface area (Å²) in [5.41, 5.74) is 0. The minimum Gasteiger partial charge on any atom is -0.311 e. The van der Waals surface area contributed by atoms with Gasteiger partial charge >= 0.3 is 0 Å². The number of nitrogens with one attached hydrogen (secondary N) is 1. The molecule has 2 fully saturated rings. The second-order valence-electron chi connectivity index (χ2n) is 4.47. The molecule has 82 valence electrons. The Morgan fingerprint density at radius 3 is 2.50 bits per heavy atom. The third-order valence-corrected chi connectivity index (χ3v) is 5.46. The zero-order chi connectivity index (χ0) is 10.3. The van der Waals surface area contributed by atoms with Gasteiger partial charge in [0.25, 0.3) is 0 Å². The van der Waals surface area contributed by atoms with E-state index in [0.29, 0.717) is 6.54 Å². The Balaban J connectivity index is 2.14. The van der Waals surface area contributed by atoms with E-state index in [0.717, 1.165) is 19.4 Å². The molecule has 0 aromatic carbocycles. The lowest BCUT2D eigenvalue weighted by Crippen LogP contribution is -2.56. The zero-order valence-corrected chi connectivity index (χ0v) is 9.55. The monoisotopic (exact) mass is 218 g/mol. The van der Waals surface area contributed by atoms with Crippen molar-refractivity contribution < 1.29 is 8.42 Å². The smallest absolute Gasteiger partial charge is 0.217 e. The summed E-state index contributed by atoms with van der Waals surface area (Å²) in [4.78, 5) is 0. The van der Waals surface area contributed by atoms with Crippen LogP contribution in [0.25, 0.3) is 0 Å². The van der Waals surface area contributed by atoms with Gasteiger partial charge in [0.15, 0.2) is 0 Å². The van der Waals surface area contributed by atoms with Crippen molar-refractivity contribution in [2.75, 3.05) is 13.1 Å². The fourth-order valence-electron chi connectivity index (χ4n) is 1.90. The molecule has 0 spiro atoms. The fraction of sp³-hybridized carbons (Fsp3) is 1.00. The minimum absolute atomic E-state index is 0.0738. The molecule has 1 saturated heterocycles. The molecule has 2 unspecified atom stereocenters. The molecule has 1 aliphatic heterocycles. The average Bonchev–Trinajstić information content (AvgIpc) is 2.91. The summed E-state index contributed by atoms with van der Waals surface area (Å²) in [7, 11) is -2.98. The lowest BCUT2D eigenvalue weighted by molar-refractivity contribution is 0.244. The lowest BCUT2D eigenvalue weighted by atomic mass is 10.2. The topological polar surface area (TPSA) is 49.4 Å². The fourth-order valence-corrected chi connectivity index (χ4v) is 4.02. The maximum atomic E-state index is 12.0. The molecule has 2 rings (SSSR count). The number of piperazine rings is 1. The van der Waals surface area contributed by atoms with Gasteiger partial charge in [0.2, 0.25) is 10.0 Å². The minimum atomic E-state index is -2.98. The van der Waals surface area contributed by atoms with Gasteiger partial charge in [-0.15, -0.1) is 0 Å². The van der Waals surface area contributed by atoms with E-state index in [1.54, 1.807) is 4.31 Å². The second kappa shape index (κ2) is 3.47. The molecule has 4 nitrogen and oxygen atoms in total. The van der Waals surface area contributed by atoms with E-state index >= 15 is 0 Å². The van der Waals surface area contributed by atoms with Crippen LogP contribution in [0.15, 0.2) is 0 Å². The maximum absolute atomic E-state index is 12.0. The zero-order valence-electron chi connectivity index (χ0n) is 8.73. The largest absolute Gasteiger partial charge is 0.311 e. The predicted octanol–water partition coefficient (Wildman–Crippen LogP) is 0.161. The van der Waals surface area contributed by atoms with Gasteiger partial charge in [-0.3, -0.25) is 0 Å². The van der Waals surface area contributed by atoms with E-state index in [1.807, 2.05) is 13.8 Å². The van der Waals surface area contributed by atoms with E-state index in [4.69, 9.17) is 0 Å². The highest BCUT2D eigenvalue weighted by Gasteiger charge is 2.43. The van der Waals surface area contributed by atoms with E-state index in [2.05, 4.69) is 5.32 Å². The van der Waals surface area contributed by atoms with Crippen LogP contribution in [0.3, 0.4) is 0 Å².